The van der Waals surface area contributed by atoms with E-state index in [4.69, 9.17) is 28.7 Å². The summed E-state index contributed by atoms with van der Waals surface area (Å²) in [5.74, 6) is -2.07. The van der Waals surface area contributed by atoms with Crippen molar-refractivity contribution in [1.82, 2.24) is 114 Å². The van der Waals surface area contributed by atoms with Crippen molar-refractivity contribution in [1.29, 1.82) is 0 Å². The van der Waals surface area contributed by atoms with E-state index in [2.05, 4.69) is 110 Å². The van der Waals surface area contributed by atoms with Gasteiger partial charge in [0, 0.05) is 321 Å². The van der Waals surface area contributed by atoms with Gasteiger partial charge in [-0.25, -0.2) is 0 Å². The maximum absolute atomic E-state index is 12.0. The van der Waals surface area contributed by atoms with Crippen molar-refractivity contribution in [3.8, 4) is 0 Å². The van der Waals surface area contributed by atoms with Crippen molar-refractivity contribution in [2.75, 3.05) is 276 Å². The Bertz CT molecular complexity index is 1990. The Morgan fingerprint density at radius 2 is 0.461 bits per heavy atom. The van der Waals surface area contributed by atoms with Crippen LogP contribution in [0.3, 0.4) is 0 Å². The SMILES string of the molecule is CCNCCN(CCN)CCN[C-]=O.CCNCCN(CCNCC)CCNC(=O)CC(=O)NCCN(CCN[C-]=O)CN[C-]=O.CN(CCN)CCNC(=O)CC(=O)NCCN(CCN)CCN[C-]=O.NCCN(CCN)CCNC(=O)CC(=O)NCCN(CCN[C-]=O)CN[C-]=O.[Y].[Y].[Y]. The number of rotatable bonds is 68. The smallest absolute Gasteiger partial charge is 0.229 e. The third-order valence-corrected chi connectivity index (χ3v) is 13.6. The molecule has 0 saturated carbocycles. The fourth-order valence-corrected chi connectivity index (χ4v) is 8.50. The Kier molecular flexibility index (Phi) is 98.3. The minimum atomic E-state index is -0.396. The number of nitrogens with zero attached hydrogens (tertiary/aromatic N) is 7. The van der Waals surface area contributed by atoms with Gasteiger partial charge in [-0.05, 0) is 52.9 Å². The van der Waals surface area contributed by atoms with Gasteiger partial charge in [-0.1, -0.05) is 20.8 Å². The van der Waals surface area contributed by atoms with E-state index in [9.17, 15) is 57.5 Å². The molecule has 0 aromatic rings. The molecule has 0 aliphatic rings. The normalized spacial score (nSPS) is 10.4. The van der Waals surface area contributed by atoms with Gasteiger partial charge in [0.05, 0.1) is 0 Å². The van der Waals surface area contributed by atoms with Gasteiger partial charge in [-0.2, -0.15) is 38.5 Å². The van der Waals surface area contributed by atoms with Gasteiger partial charge in [0.2, 0.25) is 35.4 Å². The molecule has 0 heterocycles. The minimum absolute atomic E-state index is 0. The summed E-state index contributed by atoms with van der Waals surface area (Å²) >= 11 is 0. The van der Waals surface area contributed by atoms with Crippen LogP contribution in [0.4, 0.5) is 0 Å². The average molecular weight is 1680 g/mol. The molecule has 0 aliphatic carbocycles. The Hall–Kier alpha value is -3.65. The summed E-state index contributed by atoms with van der Waals surface area (Å²) in [6, 6.07) is 0. The molecule has 42 heteroatoms. The van der Waals surface area contributed by atoms with Gasteiger partial charge < -0.3 is 142 Å². The summed E-state index contributed by atoms with van der Waals surface area (Å²) in [6.07, 6.45) is 8.84. The van der Waals surface area contributed by atoms with Crippen LogP contribution < -0.4 is 108 Å². The predicted octanol–water partition coefficient (Wildman–Crippen LogP) is -13.0. The molecular formula is C60H125N27O12Y3-6. The van der Waals surface area contributed by atoms with Gasteiger partial charge in [0.25, 0.3) is 0 Å². The van der Waals surface area contributed by atoms with Crippen LogP contribution in [0.5, 0.6) is 0 Å². The molecule has 0 bridgehead atoms. The molecule has 0 aromatic heterocycles. The number of nitrogens with one attached hydrogen (secondary N) is 15. The first-order chi connectivity index (χ1) is 48.0. The third-order valence-electron chi connectivity index (χ3n) is 13.6. The van der Waals surface area contributed by atoms with Crippen molar-refractivity contribution in [2.45, 2.75) is 40.0 Å². The zero-order chi connectivity index (χ0) is 74.5. The second kappa shape index (κ2) is 89.7. The molecule has 0 rings (SSSR count). The van der Waals surface area contributed by atoms with Crippen molar-refractivity contribution >= 4 is 73.9 Å². The number of nitrogens with two attached hydrogens (primary N) is 5. The molecule has 39 nitrogen and oxygen atoms in total. The molecule has 0 spiro atoms. The van der Waals surface area contributed by atoms with Crippen LogP contribution in [0.15, 0.2) is 0 Å². The summed E-state index contributed by atoms with van der Waals surface area (Å²) < 4.78 is 0. The maximum Gasteiger partial charge on any atom is 0.229 e. The van der Waals surface area contributed by atoms with Crippen LogP contribution in [0, 0.1) is 0 Å². The van der Waals surface area contributed by atoms with Crippen LogP contribution in [0.2, 0.25) is 0 Å². The first kappa shape index (κ1) is 112. The molecule has 0 unspecified atom stereocenters. The van der Waals surface area contributed by atoms with E-state index in [1.165, 1.54) is 0 Å². The largest absolute Gasteiger partial charge is 0.529 e. The van der Waals surface area contributed by atoms with E-state index in [-0.39, 0.29) is 167 Å². The van der Waals surface area contributed by atoms with Crippen molar-refractivity contribution in [3.05, 3.63) is 0 Å². The van der Waals surface area contributed by atoms with E-state index in [1.54, 1.807) is 43.4 Å². The maximum atomic E-state index is 12.0. The standard InChI is InChI=1S/C20H40N8O4.C16H32N8O4.C15H32N7O3.C9H21N4O.3Y/c1-3-21-5-10-27(11-6-22-4-2)13-8-25-19(31)15-20(32)26-9-14-28(16-24-18-30)12-7-23-17-29;17-1-6-23(7-2-18)9-4-21-15(27)11-16(28)22-5-10-24(12-20-14-26)8-3-19-13-25;1-21(7-2-16)9-5-19-14(24)12-15(25)20-6-11-22(8-3-17)10-4-18-13-23;1-2-11-4-7-13(6-3-10)8-5-12-9-14;;;/h21-22H,3-16H2,1-2H3,(H,23,29)(H,24,30)(H,25,31)(H,26,32);1-12,17-18H2,(H,19,25)(H,20,26)(H,21,27)(H,22,28);2-12,16-17H2,1H3,(H,18,23)(H,19,24)(H,20,25);11H,2-8,10H2,1H3,(H,12,14);;;/q2*-2;2*-1;;;. The van der Waals surface area contributed by atoms with Gasteiger partial charge >= 0.3 is 0 Å². The summed E-state index contributed by atoms with van der Waals surface area (Å²) in [7, 11) is 1.92. The summed E-state index contributed by atoms with van der Waals surface area (Å²) in [4.78, 5) is 146. The predicted molar refractivity (Wildman–Crippen MR) is 381 cm³/mol. The van der Waals surface area contributed by atoms with Gasteiger partial charge in [0.15, 0.2) is 0 Å². The topological polar surface area (TPSA) is 538 Å². The number of amides is 12. The fraction of sp³-hybridized carbons (Fsp3) is 0.800. The Balaban J connectivity index is -0.000000241. The number of carbonyl (C=O) groups is 6. The van der Waals surface area contributed by atoms with Crippen LogP contribution in [0.25, 0.3) is 0 Å². The zero-order valence-electron chi connectivity index (χ0n) is 61.3. The minimum Gasteiger partial charge on any atom is -0.529 e. The molecule has 0 fully saturated rings. The van der Waals surface area contributed by atoms with E-state index < -0.39 is 5.91 Å². The second-order valence-corrected chi connectivity index (χ2v) is 21.5. The van der Waals surface area contributed by atoms with Gasteiger partial charge in [-0.3, -0.25) is 58.2 Å². The van der Waals surface area contributed by atoms with Crippen LogP contribution in [0.1, 0.15) is 40.0 Å². The van der Waals surface area contributed by atoms with Gasteiger partial charge in [-0.15, -0.1) is 0 Å². The monoisotopic (exact) mass is 1680 g/mol. The Morgan fingerprint density at radius 3 is 0.696 bits per heavy atom. The third kappa shape index (κ3) is 83.6. The van der Waals surface area contributed by atoms with E-state index in [1.807, 2.05) is 26.6 Å². The Morgan fingerprint density at radius 1 is 0.265 bits per heavy atom. The second-order valence-electron chi connectivity index (χ2n) is 21.5. The van der Waals surface area contributed by atoms with Crippen LogP contribution >= 0.6 is 0 Å². The Labute approximate surface area is 682 Å². The van der Waals surface area contributed by atoms with Crippen molar-refractivity contribution < 1.29 is 156 Å². The first-order valence-electron chi connectivity index (χ1n) is 33.9. The molecular weight excluding hydrogens is 1560 g/mol. The number of likely N-dealkylation sites (N-methyl/N-ethyl adjacent to an activating group) is 4. The molecule has 102 heavy (non-hydrogen) atoms. The quantitative estimate of drug-likeness (QED) is 0.00884. The van der Waals surface area contributed by atoms with Gasteiger partial charge in [0.1, 0.15) is 19.3 Å². The molecule has 587 valence electrons. The van der Waals surface area contributed by atoms with Crippen molar-refractivity contribution in [3.63, 3.8) is 0 Å². The van der Waals surface area contributed by atoms with Crippen LogP contribution in [-0.2, 0) is 156 Å². The number of hydrogen-bond acceptors (Lipinski definition) is 27. The fourth-order valence-electron chi connectivity index (χ4n) is 8.50. The molecule has 3 radical (unpaired) electrons. The van der Waals surface area contributed by atoms with E-state index in [0.717, 1.165) is 78.5 Å². The average Bonchev–Trinajstić information content (AvgIpc) is 1.50. The number of hydrogen-bond donors (Lipinski definition) is 20. The summed E-state index contributed by atoms with van der Waals surface area (Å²) in [6.45, 7) is 31.4. The molecule has 0 aromatic carbocycles. The van der Waals surface area contributed by atoms with E-state index >= 15 is 0 Å². The van der Waals surface area contributed by atoms with Crippen molar-refractivity contribution in [2.24, 2.45) is 28.7 Å². The molecule has 0 atom stereocenters. The van der Waals surface area contributed by atoms with E-state index in [0.29, 0.717) is 170 Å². The number of carbonyl (C=O) groups excluding carboxylic acids is 12. The first-order valence-corrected chi connectivity index (χ1v) is 33.9. The zero-order valence-corrected chi connectivity index (χ0v) is 69.8. The summed E-state index contributed by atoms with van der Waals surface area (Å²) in [5.41, 5.74) is 27.5. The molecule has 25 N–H and O–H groups in total. The summed E-state index contributed by atoms with van der Waals surface area (Å²) in [5, 5.41) is 40.7. The van der Waals surface area contributed by atoms with Crippen LogP contribution in [-0.4, -0.2) is 384 Å². The molecule has 0 saturated heterocycles. The molecule has 12 amide bonds. The molecule has 0 aliphatic heterocycles.